The van der Waals surface area contributed by atoms with Gasteiger partial charge in [-0.15, -0.1) is 0 Å². The molecule has 0 heterocycles. The Morgan fingerprint density at radius 1 is 0.955 bits per heavy atom. The largest absolute Gasteiger partial charge is 0.504 e. The van der Waals surface area contributed by atoms with Crippen molar-refractivity contribution in [2.45, 2.75) is 102 Å². The molecule has 4 N–H and O–H groups in total. The van der Waals surface area contributed by atoms with Crippen LogP contribution >= 0.6 is 0 Å². The molecular weight excluding hydrogens is 570 g/mol. The van der Waals surface area contributed by atoms with Gasteiger partial charge in [-0.05, 0) is 87.5 Å². The maximum absolute atomic E-state index is 13.3. The molecule has 44 heavy (non-hydrogen) atoms. The summed E-state index contributed by atoms with van der Waals surface area (Å²) in [5, 5.41) is 17.5. The summed E-state index contributed by atoms with van der Waals surface area (Å²) in [6.07, 6.45) is 9.47. The molecule has 242 valence electrons. The molecule has 0 aromatic heterocycles. The fourth-order valence-electron chi connectivity index (χ4n) is 5.23. The van der Waals surface area contributed by atoms with Crippen molar-refractivity contribution in [2.75, 3.05) is 13.7 Å². The Balaban J connectivity index is 1.54. The number of rotatable bonds is 15. The third-order valence-electron chi connectivity index (χ3n) is 7.74. The van der Waals surface area contributed by atoms with Crippen molar-refractivity contribution in [3.05, 3.63) is 29.8 Å². The fraction of sp³-hybridized carbons (Fsp3) is 0.594. The Morgan fingerprint density at radius 3 is 2.20 bits per heavy atom. The molecule has 0 saturated heterocycles. The van der Waals surface area contributed by atoms with E-state index >= 15 is 0 Å². The molecule has 12 heteroatoms. The number of esters is 2. The van der Waals surface area contributed by atoms with Gasteiger partial charge in [-0.2, -0.15) is 0 Å². The highest BCUT2D eigenvalue weighted by Gasteiger charge is 2.32. The van der Waals surface area contributed by atoms with E-state index in [9.17, 15) is 29.1 Å². The van der Waals surface area contributed by atoms with Gasteiger partial charge in [0.25, 0.3) is 0 Å². The molecule has 3 rings (SSSR count). The molecule has 2 fully saturated rings. The molecule has 1 aromatic carbocycles. The molecule has 2 aliphatic rings. The van der Waals surface area contributed by atoms with Crippen LogP contribution in [0.25, 0.3) is 6.08 Å². The molecule has 1 aromatic rings. The molecular formula is C32H45N3O9. The van der Waals surface area contributed by atoms with Crippen LogP contribution in [0.1, 0.15) is 83.6 Å². The lowest BCUT2D eigenvalue weighted by atomic mass is 10.0. The zero-order valence-corrected chi connectivity index (χ0v) is 25.8. The Kier molecular flexibility index (Phi) is 13.5. The predicted octanol–water partition coefficient (Wildman–Crippen LogP) is 2.91. The first-order valence-electron chi connectivity index (χ1n) is 15.4. The first-order valence-corrected chi connectivity index (χ1v) is 15.4. The van der Waals surface area contributed by atoms with Gasteiger partial charge in [0.05, 0.1) is 13.7 Å². The number of benzene rings is 1. The van der Waals surface area contributed by atoms with E-state index in [2.05, 4.69) is 16.0 Å². The molecule has 0 spiro atoms. The molecule has 3 amide bonds. The third kappa shape index (κ3) is 11.2. The first kappa shape index (κ1) is 34.4. The lowest BCUT2D eigenvalue weighted by molar-refractivity contribution is -0.154. The maximum atomic E-state index is 13.3. The second-order valence-electron chi connectivity index (χ2n) is 11.6. The number of ether oxygens (including phenoxy) is 3. The normalized spacial score (nSPS) is 16.8. The minimum atomic E-state index is -1.08. The van der Waals surface area contributed by atoms with Gasteiger partial charge in [0.1, 0.15) is 24.3 Å². The van der Waals surface area contributed by atoms with Crippen molar-refractivity contribution < 1.29 is 43.3 Å². The molecule has 2 atom stereocenters. The third-order valence-corrected chi connectivity index (χ3v) is 7.74. The zero-order chi connectivity index (χ0) is 32.1. The maximum Gasteiger partial charge on any atom is 0.328 e. The Hall–Kier alpha value is -4.09. The van der Waals surface area contributed by atoms with Crippen molar-refractivity contribution >= 4 is 35.7 Å². The van der Waals surface area contributed by atoms with Crippen LogP contribution in [0.2, 0.25) is 0 Å². The van der Waals surface area contributed by atoms with Crippen LogP contribution in [0, 0.1) is 5.92 Å². The molecule has 2 saturated carbocycles. The van der Waals surface area contributed by atoms with Crippen LogP contribution in [0.5, 0.6) is 11.5 Å². The minimum absolute atomic E-state index is 0.0108. The summed E-state index contributed by atoms with van der Waals surface area (Å²) in [5.41, 5.74) is 0.601. The Bertz CT molecular complexity index is 1190. The van der Waals surface area contributed by atoms with Crippen molar-refractivity contribution in [3.63, 3.8) is 0 Å². The smallest absolute Gasteiger partial charge is 0.328 e. The number of amides is 3. The summed E-state index contributed by atoms with van der Waals surface area (Å²) in [6, 6.07) is 2.48. The van der Waals surface area contributed by atoms with E-state index in [0.29, 0.717) is 5.56 Å². The van der Waals surface area contributed by atoms with E-state index in [1.807, 2.05) is 0 Å². The van der Waals surface area contributed by atoms with Crippen LogP contribution in [0.15, 0.2) is 24.3 Å². The van der Waals surface area contributed by atoms with E-state index in [1.54, 1.807) is 26.0 Å². The van der Waals surface area contributed by atoms with Crippen LogP contribution in [0.4, 0.5) is 0 Å². The number of phenols is 1. The Morgan fingerprint density at radius 2 is 1.59 bits per heavy atom. The van der Waals surface area contributed by atoms with Crippen molar-refractivity contribution in [2.24, 2.45) is 5.92 Å². The standard InChI is InChI=1S/C32H45N3O9/c1-20(2)30(35-28(38)19-33-27(37)16-13-21-12-15-25(36)26(18-21)42-3)31(40)34-24(32(41)44-23-10-6-7-11-23)14-17-29(39)43-22-8-4-5-9-22/h12-13,15-16,18,20,22-24,30,36H,4-11,14,17,19H2,1-3H3,(H,33,37)(H,34,40)(H,35,38)/b16-13+/t24-,30+/m1/s1. The van der Waals surface area contributed by atoms with E-state index in [1.165, 1.54) is 25.3 Å². The number of carbonyl (C=O) groups excluding carboxylic acids is 5. The number of methoxy groups -OCH3 is 1. The van der Waals surface area contributed by atoms with Gasteiger partial charge in [-0.1, -0.05) is 19.9 Å². The highest BCUT2D eigenvalue weighted by atomic mass is 16.5. The van der Waals surface area contributed by atoms with E-state index in [-0.39, 0.29) is 42.5 Å². The average molecular weight is 616 g/mol. The van der Waals surface area contributed by atoms with Crippen LogP contribution in [-0.4, -0.2) is 72.7 Å². The average Bonchev–Trinajstić information content (AvgIpc) is 3.70. The van der Waals surface area contributed by atoms with Crippen LogP contribution in [0.3, 0.4) is 0 Å². The van der Waals surface area contributed by atoms with Gasteiger partial charge >= 0.3 is 11.9 Å². The SMILES string of the molecule is COc1cc(/C=C/C(=O)NCC(=O)N[C@H](C(=O)N[C@H](CCC(=O)OC2CCCC2)C(=O)OC2CCCC2)C(C)C)ccc1O. The van der Waals surface area contributed by atoms with E-state index in [4.69, 9.17) is 14.2 Å². The highest BCUT2D eigenvalue weighted by molar-refractivity contribution is 5.96. The predicted molar refractivity (Wildman–Crippen MR) is 161 cm³/mol. The molecule has 0 aliphatic heterocycles. The molecule has 12 nitrogen and oxygen atoms in total. The second-order valence-corrected chi connectivity index (χ2v) is 11.6. The monoisotopic (exact) mass is 615 g/mol. The van der Waals surface area contributed by atoms with Gasteiger partial charge in [0.15, 0.2) is 11.5 Å². The van der Waals surface area contributed by atoms with Crippen LogP contribution < -0.4 is 20.7 Å². The number of nitrogens with one attached hydrogen (secondary N) is 3. The minimum Gasteiger partial charge on any atom is -0.504 e. The summed E-state index contributed by atoms with van der Waals surface area (Å²) in [6.45, 7) is 3.09. The summed E-state index contributed by atoms with van der Waals surface area (Å²) in [4.78, 5) is 63.7. The van der Waals surface area contributed by atoms with Crippen molar-refractivity contribution in [3.8, 4) is 11.5 Å². The topological polar surface area (TPSA) is 169 Å². The molecule has 0 bridgehead atoms. The van der Waals surface area contributed by atoms with Crippen molar-refractivity contribution in [1.82, 2.24) is 16.0 Å². The van der Waals surface area contributed by atoms with Crippen molar-refractivity contribution in [1.29, 1.82) is 0 Å². The second kappa shape index (κ2) is 17.3. The molecule has 0 radical (unpaired) electrons. The highest BCUT2D eigenvalue weighted by Crippen LogP contribution is 2.27. The number of hydrogen-bond acceptors (Lipinski definition) is 9. The van der Waals surface area contributed by atoms with Gasteiger partial charge < -0.3 is 35.3 Å². The van der Waals surface area contributed by atoms with E-state index < -0.39 is 48.3 Å². The first-order chi connectivity index (χ1) is 21.0. The number of phenolic OH excluding ortho intramolecular Hbond substituents is 1. The molecule has 0 unspecified atom stereocenters. The van der Waals surface area contributed by atoms with Gasteiger partial charge in [-0.25, -0.2) is 4.79 Å². The van der Waals surface area contributed by atoms with E-state index in [0.717, 1.165) is 51.4 Å². The lowest BCUT2D eigenvalue weighted by Gasteiger charge is -2.25. The number of aromatic hydroxyl groups is 1. The summed E-state index contributed by atoms with van der Waals surface area (Å²) in [7, 11) is 1.41. The Labute approximate surface area is 258 Å². The van der Waals surface area contributed by atoms with Gasteiger partial charge in [-0.3, -0.25) is 19.2 Å². The summed E-state index contributed by atoms with van der Waals surface area (Å²) < 4.78 is 16.2. The summed E-state index contributed by atoms with van der Waals surface area (Å²) in [5.74, 6) is -2.91. The van der Waals surface area contributed by atoms with Gasteiger partial charge in [0, 0.05) is 12.5 Å². The zero-order valence-electron chi connectivity index (χ0n) is 25.8. The molecule has 2 aliphatic carbocycles. The van der Waals surface area contributed by atoms with Crippen LogP contribution in [-0.2, 0) is 33.4 Å². The number of hydrogen-bond donors (Lipinski definition) is 4. The lowest BCUT2D eigenvalue weighted by Crippen LogP contribution is -2.55. The fourth-order valence-corrected chi connectivity index (χ4v) is 5.23. The quantitative estimate of drug-likeness (QED) is 0.171. The van der Waals surface area contributed by atoms with Gasteiger partial charge in [0.2, 0.25) is 17.7 Å². The number of carbonyl (C=O) groups is 5. The summed E-state index contributed by atoms with van der Waals surface area (Å²) >= 11 is 0.